The van der Waals surface area contributed by atoms with E-state index in [0.717, 1.165) is 36.4 Å². The van der Waals surface area contributed by atoms with E-state index in [1.807, 2.05) is 6.07 Å². The van der Waals surface area contributed by atoms with Gasteiger partial charge in [-0.25, -0.2) is 9.37 Å². The minimum absolute atomic E-state index is 0.0160. The van der Waals surface area contributed by atoms with Gasteiger partial charge in [0.15, 0.2) is 5.13 Å². The molecule has 1 fully saturated rings. The van der Waals surface area contributed by atoms with Crippen molar-refractivity contribution in [3.63, 3.8) is 0 Å². The van der Waals surface area contributed by atoms with E-state index in [9.17, 15) is 9.18 Å². The number of anilines is 1. The van der Waals surface area contributed by atoms with Gasteiger partial charge >= 0.3 is 0 Å². The minimum atomic E-state index is -0.189. The fraction of sp³-hybridized carbons (Fsp3) is 0.412. The van der Waals surface area contributed by atoms with Crippen LogP contribution in [-0.4, -0.2) is 24.0 Å². The van der Waals surface area contributed by atoms with Crippen molar-refractivity contribution in [2.75, 3.05) is 18.4 Å². The number of aryl methyl sites for hydroxylation is 1. The van der Waals surface area contributed by atoms with Crippen LogP contribution in [0.3, 0.4) is 0 Å². The van der Waals surface area contributed by atoms with Crippen molar-refractivity contribution in [3.8, 4) is 0 Å². The van der Waals surface area contributed by atoms with Crippen LogP contribution >= 0.6 is 11.3 Å². The third kappa shape index (κ3) is 4.14. The van der Waals surface area contributed by atoms with Gasteiger partial charge in [0.25, 0.3) is 0 Å². The highest BCUT2D eigenvalue weighted by Crippen LogP contribution is 2.23. The first-order chi connectivity index (χ1) is 11.1. The SMILES string of the molecule is Cc1ccc(Cc2cnc(NC(=O)C3CCCNC3)s2)cc1F. The molecule has 1 aliphatic heterocycles. The molecule has 1 amide bonds. The second-order valence-corrected chi connectivity index (χ2v) is 7.04. The first-order valence-corrected chi connectivity index (χ1v) is 8.65. The molecule has 2 heterocycles. The lowest BCUT2D eigenvalue weighted by Crippen LogP contribution is -2.37. The van der Waals surface area contributed by atoms with Crippen LogP contribution in [0.5, 0.6) is 0 Å². The van der Waals surface area contributed by atoms with Crippen LogP contribution in [0.1, 0.15) is 28.8 Å². The molecule has 0 bridgehead atoms. The smallest absolute Gasteiger partial charge is 0.230 e. The fourth-order valence-electron chi connectivity index (χ4n) is 2.68. The first kappa shape index (κ1) is 16.1. The zero-order chi connectivity index (χ0) is 16.2. The van der Waals surface area contributed by atoms with Crippen LogP contribution in [-0.2, 0) is 11.2 Å². The van der Waals surface area contributed by atoms with Gasteiger partial charge in [-0.2, -0.15) is 0 Å². The Morgan fingerprint density at radius 3 is 3.13 bits per heavy atom. The number of carbonyl (C=O) groups is 1. The molecule has 2 aromatic rings. The molecule has 0 saturated carbocycles. The second-order valence-electron chi connectivity index (χ2n) is 5.92. The number of amides is 1. The van der Waals surface area contributed by atoms with Crippen LogP contribution in [0.2, 0.25) is 0 Å². The highest BCUT2D eigenvalue weighted by atomic mass is 32.1. The lowest BCUT2D eigenvalue weighted by atomic mass is 9.99. The molecule has 1 unspecified atom stereocenters. The minimum Gasteiger partial charge on any atom is -0.316 e. The second kappa shape index (κ2) is 7.19. The van der Waals surface area contributed by atoms with E-state index in [4.69, 9.17) is 0 Å². The number of thiazole rings is 1. The van der Waals surface area contributed by atoms with E-state index in [0.29, 0.717) is 17.1 Å². The van der Waals surface area contributed by atoms with Crippen molar-refractivity contribution in [2.45, 2.75) is 26.2 Å². The average molecular weight is 333 g/mol. The quantitative estimate of drug-likeness (QED) is 0.904. The highest BCUT2D eigenvalue weighted by molar-refractivity contribution is 7.15. The van der Waals surface area contributed by atoms with E-state index >= 15 is 0 Å². The Kier molecular flexibility index (Phi) is 5.03. The number of rotatable bonds is 4. The molecule has 3 rings (SSSR count). The maximum absolute atomic E-state index is 13.6. The van der Waals surface area contributed by atoms with Gasteiger partial charge < -0.3 is 10.6 Å². The summed E-state index contributed by atoms with van der Waals surface area (Å²) < 4.78 is 13.6. The highest BCUT2D eigenvalue weighted by Gasteiger charge is 2.21. The number of carbonyl (C=O) groups excluding carboxylic acids is 1. The van der Waals surface area contributed by atoms with Crippen molar-refractivity contribution >= 4 is 22.4 Å². The third-order valence-corrected chi connectivity index (χ3v) is 4.98. The number of benzene rings is 1. The monoisotopic (exact) mass is 333 g/mol. The Balaban J connectivity index is 1.61. The van der Waals surface area contributed by atoms with Crippen molar-refractivity contribution < 1.29 is 9.18 Å². The summed E-state index contributed by atoms with van der Waals surface area (Å²) in [5.41, 5.74) is 1.55. The predicted molar refractivity (Wildman–Crippen MR) is 90.3 cm³/mol. The molecule has 1 aromatic carbocycles. The number of piperidine rings is 1. The van der Waals surface area contributed by atoms with Gasteiger partial charge in [0.2, 0.25) is 5.91 Å². The summed E-state index contributed by atoms with van der Waals surface area (Å²) in [6.45, 7) is 3.46. The molecule has 1 aliphatic rings. The molecule has 0 spiro atoms. The van der Waals surface area contributed by atoms with Crippen LogP contribution in [0.4, 0.5) is 9.52 Å². The van der Waals surface area contributed by atoms with Crippen LogP contribution < -0.4 is 10.6 Å². The summed E-state index contributed by atoms with van der Waals surface area (Å²) in [6.07, 6.45) is 4.31. The summed E-state index contributed by atoms with van der Waals surface area (Å²) in [7, 11) is 0. The molecule has 4 nitrogen and oxygen atoms in total. The van der Waals surface area contributed by atoms with Crippen molar-refractivity contribution in [1.82, 2.24) is 10.3 Å². The molecule has 1 atom stereocenters. The van der Waals surface area contributed by atoms with Gasteiger partial charge in [0.05, 0.1) is 5.92 Å². The molecule has 0 radical (unpaired) electrons. The lowest BCUT2D eigenvalue weighted by molar-refractivity contribution is -0.120. The summed E-state index contributed by atoms with van der Waals surface area (Å²) in [5.74, 6) is -0.146. The number of hydrogen-bond acceptors (Lipinski definition) is 4. The van der Waals surface area contributed by atoms with Crippen molar-refractivity contribution in [3.05, 3.63) is 46.2 Å². The number of aromatic nitrogens is 1. The van der Waals surface area contributed by atoms with Gasteiger partial charge in [-0.05, 0) is 43.5 Å². The van der Waals surface area contributed by atoms with Gasteiger partial charge in [0, 0.05) is 24.0 Å². The summed E-state index contributed by atoms with van der Waals surface area (Å²) in [5, 5.41) is 6.74. The van der Waals surface area contributed by atoms with Crippen molar-refractivity contribution in [2.24, 2.45) is 5.92 Å². The summed E-state index contributed by atoms with van der Waals surface area (Å²) in [6, 6.07) is 5.26. The zero-order valence-electron chi connectivity index (χ0n) is 13.1. The standard InChI is InChI=1S/C17H20FN3OS/c1-11-4-5-12(8-15(11)18)7-14-10-20-17(23-14)21-16(22)13-3-2-6-19-9-13/h4-5,8,10,13,19H,2-3,6-7,9H2,1H3,(H,20,21,22). The van der Waals surface area contributed by atoms with Crippen molar-refractivity contribution in [1.29, 1.82) is 0 Å². The maximum Gasteiger partial charge on any atom is 0.230 e. The Morgan fingerprint density at radius 1 is 1.52 bits per heavy atom. The fourth-order valence-corrected chi connectivity index (χ4v) is 3.53. The normalized spacial score (nSPS) is 17.9. The average Bonchev–Trinajstić information content (AvgIpc) is 2.99. The lowest BCUT2D eigenvalue weighted by Gasteiger charge is -2.21. The summed E-state index contributed by atoms with van der Waals surface area (Å²) in [4.78, 5) is 17.4. The van der Waals surface area contributed by atoms with Gasteiger partial charge in [-0.15, -0.1) is 11.3 Å². The topological polar surface area (TPSA) is 54.0 Å². The molecule has 23 heavy (non-hydrogen) atoms. The van der Waals surface area contributed by atoms with Gasteiger partial charge in [0.1, 0.15) is 5.82 Å². The predicted octanol–water partition coefficient (Wildman–Crippen LogP) is 3.12. The van der Waals surface area contributed by atoms with Crippen LogP contribution in [0.25, 0.3) is 0 Å². The van der Waals surface area contributed by atoms with E-state index in [1.165, 1.54) is 11.3 Å². The molecular weight excluding hydrogens is 313 g/mol. The first-order valence-electron chi connectivity index (χ1n) is 7.83. The number of halogens is 1. The molecule has 1 aromatic heterocycles. The van der Waals surface area contributed by atoms with E-state index in [1.54, 1.807) is 25.3 Å². The molecule has 1 saturated heterocycles. The Labute approximate surface area is 139 Å². The van der Waals surface area contributed by atoms with E-state index < -0.39 is 0 Å². The largest absolute Gasteiger partial charge is 0.316 e. The molecule has 122 valence electrons. The summed E-state index contributed by atoms with van der Waals surface area (Å²) >= 11 is 1.44. The molecule has 0 aliphatic carbocycles. The molecule has 6 heteroatoms. The van der Waals surface area contributed by atoms with Gasteiger partial charge in [-0.3, -0.25) is 4.79 Å². The molecular formula is C17H20FN3OS. The van der Waals surface area contributed by atoms with Gasteiger partial charge in [-0.1, -0.05) is 12.1 Å². The van der Waals surface area contributed by atoms with E-state index in [2.05, 4.69) is 15.6 Å². The Bertz CT molecular complexity index is 695. The zero-order valence-corrected chi connectivity index (χ0v) is 13.9. The van der Waals surface area contributed by atoms with Crippen LogP contribution in [0.15, 0.2) is 24.4 Å². The Morgan fingerprint density at radius 2 is 2.39 bits per heavy atom. The number of nitrogens with one attached hydrogen (secondary N) is 2. The maximum atomic E-state index is 13.6. The Hall–Kier alpha value is -1.79. The molecule has 2 N–H and O–H groups in total. The van der Waals surface area contributed by atoms with Crippen LogP contribution in [0, 0.1) is 18.7 Å². The number of hydrogen-bond donors (Lipinski definition) is 2. The van der Waals surface area contributed by atoms with E-state index in [-0.39, 0.29) is 17.6 Å². The third-order valence-electron chi connectivity index (χ3n) is 4.07. The number of nitrogens with zero attached hydrogens (tertiary/aromatic N) is 1.